The second-order valence-electron chi connectivity index (χ2n) is 6.16. The maximum atomic E-state index is 12.7. The van der Waals surface area contributed by atoms with Crippen molar-refractivity contribution in [3.63, 3.8) is 0 Å². The molecule has 2 saturated heterocycles. The normalized spacial score (nSPS) is 25.8. The molecule has 1 atom stereocenters. The van der Waals surface area contributed by atoms with Crippen LogP contribution in [0.4, 0.5) is 0 Å². The zero-order valence-electron chi connectivity index (χ0n) is 12.4. The van der Waals surface area contributed by atoms with E-state index in [1.54, 1.807) is 7.11 Å². The topological polar surface area (TPSA) is 44.8 Å². The average Bonchev–Trinajstić information content (AvgIpc) is 2.88. The minimum atomic E-state index is -0.385. The Morgan fingerprint density at radius 1 is 1.32 bits per heavy atom. The lowest BCUT2D eigenvalue weighted by atomic mass is 9.99. The number of ether oxygens (including phenoxy) is 1. The van der Waals surface area contributed by atoms with Crippen LogP contribution in [0.1, 0.15) is 20.3 Å². The Morgan fingerprint density at radius 2 is 2.00 bits per heavy atom. The van der Waals surface area contributed by atoms with Crippen LogP contribution >= 0.6 is 0 Å². The van der Waals surface area contributed by atoms with Crippen molar-refractivity contribution in [3.05, 3.63) is 0 Å². The van der Waals surface area contributed by atoms with E-state index in [0.29, 0.717) is 5.92 Å². The summed E-state index contributed by atoms with van der Waals surface area (Å²) in [5.41, 5.74) is -0.385. The molecule has 1 unspecified atom stereocenters. The van der Waals surface area contributed by atoms with Gasteiger partial charge < -0.3 is 15.0 Å². The first kappa shape index (κ1) is 14.8. The molecule has 2 heterocycles. The molecule has 2 rings (SSSR count). The lowest BCUT2D eigenvalue weighted by Crippen LogP contribution is -2.60. The molecular formula is C14H27N3O2. The molecule has 0 saturated carbocycles. The number of likely N-dealkylation sites (tertiary alicyclic amines) is 1. The van der Waals surface area contributed by atoms with Crippen LogP contribution in [0.3, 0.4) is 0 Å². The molecule has 19 heavy (non-hydrogen) atoms. The third kappa shape index (κ3) is 3.27. The summed E-state index contributed by atoms with van der Waals surface area (Å²) in [4.78, 5) is 17.1. The molecule has 2 fully saturated rings. The standard InChI is InChI=1S/C14H27N3O2/c1-14(2,17-8-5-15-6-9-17)13(18)16-7-4-12(10-16)11-19-3/h12,15H,4-11H2,1-3H3. The van der Waals surface area contributed by atoms with Crippen molar-refractivity contribution < 1.29 is 9.53 Å². The Balaban J connectivity index is 1.94. The summed E-state index contributed by atoms with van der Waals surface area (Å²) in [7, 11) is 1.73. The molecule has 110 valence electrons. The number of amides is 1. The van der Waals surface area contributed by atoms with Crippen LogP contribution in [0.2, 0.25) is 0 Å². The van der Waals surface area contributed by atoms with E-state index in [1.807, 2.05) is 4.90 Å². The molecule has 0 radical (unpaired) electrons. The minimum absolute atomic E-state index is 0.271. The van der Waals surface area contributed by atoms with Gasteiger partial charge in [-0.3, -0.25) is 9.69 Å². The molecule has 1 N–H and O–H groups in total. The largest absolute Gasteiger partial charge is 0.384 e. The van der Waals surface area contributed by atoms with Crippen LogP contribution in [0.15, 0.2) is 0 Å². The van der Waals surface area contributed by atoms with Gasteiger partial charge in [0.05, 0.1) is 12.1 Å². The summed E-state index contributed by atoms with van der Waals surface area (Å²) >= 11 is 0. The van der Waals surface area contributed by atoms with Gasteiger partial charge in [-0.15, -0.1) is 0 Å². The predicted octanol–water partition coefficient (Wildman–Crippen LogP) is 0.165. The van der Waals surface area contributed by atoms with Gasteiger partial charge in [-0.05, 0) is 20.3 Å². The van der Waals surface area contributed by atoms with Crippen molar-refractivity contribution in [1.29, 1.82) is 0 Å². The molecule has 5 heteroatoms. The highest BCUT2D eigenvalue weighted by Crippen LogP contribution is 2.24. The van der Waals surface area contributed by atoms with Crippen LogP contribution < -0.4 is 5.32 Å². The van der Waals surface area contributed by atoms with Gasteiger partial charge in [0.15, 0.2) is 0 Å². The van der Waals surface area contributed by atoms with Crippen molar-refractivity contribution in [2.24, 2.45) is 5.92 Å². The van der Waals surface area contributed by atoms with Crippen LogP contribution in [-0.2, 0) is 9.53 Å². The van der Waals surface area contributed by atoms with Gasteiger partial charge in [0.2, 0.25) is 5.91 Å². The second-order valence-corrected chi connectivity index (χ2v) is 6.16. The zero-order valence-corrected chi connectivity index (χ0v) is 12.4. The van der Waals surface area contributed by atoms with Gasteiger partial charge in [0.25, 0.3) is 0 Å². The fourth-order valence-corrected chi connectivity index (χ4v) is 3.13. The van der Waals surface area contributed by atoms with Crippen molar-refractivity contribution >= 4 is 5.91 Å². The van der Waals surface area contributed by atoms with Crippen molar-refractivity contribution in [1.82, 2.24) is 15.1 Å². The highest BCUT2D eigenvalue weighted by Gasteiger charge is 2.40. The molecular weight excluding hydrogens is 242 g/mol. The first-order valence-corrected chi connectivity index (χ1v) is 7.30. The summed E-state index contributed by atoms with van der Waals surface area (Å²) in [6.45, 7) is 10.5. The Kier molecular flexibility index (Phi) is 4.81. The van der Waals surface area contributed by atoms with Crippen LogP contribution in [0, 0.1) is 5.92 Å². The van der Waals surface area contributed by atoms with Gasteiger partial charge in [-0.1, -0.05) is 0 Å². The number of nitrogens with one attached hydrogen (secondary N) is 1. The highest BCUT2D eigenvalue weighted by atomic mass is 16.5. The Hall–Kier alpha value is -0.650. The van der Waals surface area contributed by atoms with E-state index in [-0.39, 0.29) is 11.4 Å². The molecule has 2 aliphatic heterocycles. The summed E-state index contributed by atoms with van der Waals surface area (Å²) < 4.78 is 5.20. The first-order chi connectivity index (χ1) is 9.05. The molecule has 0 aromatic heterocycles. The lowest BCUT2D eigenvalue weighted by molar-refractivity contribution is -0.142. The number of piperazine rings is 1. The summed E-state index contributed by atoms with van der Waals surface area (Å²) in [6, 6.07) is 0. The number of carbonyl (C=O) groups is 1. The van der Waals surface area contributed by atoms with E-state index >= 15 is 0 Å². The molecule has 0 spiro atoms. The van der Waals surface area contributed by atoms with E-state index in [1.165, 1.54) is 0 Å². The maximum absolute atomic E-state index is 12.7. The van der Waals surface area contributed by atoms with E-state index in [0.717, 1.165) is 52.3 Å². The Labute approximate surface area is 116 Å². The van der Waals surface area contributed by atoms with E-state index in [9.17, 15) is 4.79 Å². The molecule has 0 aromatic rings. The molecule has 0 bridgehead atoms. The summed E-state index contributed by atoms with van der Waals surface area (Å²) in [5.74, 6) is 0.778. The second kappa shape index (κ2) is 6.20. The number of rotatable bonds is 4. The lowest BCUT2D eigenvalue weighted by Gasteiger charge is -2.41. The molecule has 1 amide bonds. The highest BCUT2D eigenvalue weighted by molar-refractivity contribution is 5.85. The zero-order chi connectivity index (χ0) is 13.9. The molecule has 0 aromatic carbocycles. The summed E-state index contributed by atoms with van der Waals surface area (Å²) in [6.07, 6.45) is 1.07. The quantitative estimate of drug-likeness (QED) is 0.790. The van der Waals surface area contributed by atoms with E-state index < -0.39 is 0 Å². The Bertz CT molecular complexity index is 314. The predicted molar refractivity (Wildman–Crippen MR) is 75.1 cm³/mol. The number of nitrogens with zero attached hydrogens (tertiary/aromatic N) is 2. The molecule has 0 aliphatic carbocycles. The number of methoxy groups -OCH3 is 1. The fourth-order valence-electron chi connectivity index (χ4n) is 3.13. The third-order valence-electron chi connectivity index (χ3n) is 4.41. The summed E-state index contributed by atoms with van der Waals surface area (Å²) in [5, 5.41) is 3.34. The maximum Gasteiger partial charge on any atom is 0.242 e. The number of carbonyl (C=O) groups excluding carboxylic acids is 1. The van der Waals surface area contributed by atoms with Gasteiger partial charge in [-0.25, -0.2) is 0 Å². The first-order valence-electron chi connectivity index (χ1n) is 7.30. The number of hydrogen-bond donors (Lipinski definition) is 1. The average molecular weight is 269 g/mol. The Morgan fingerprint density at radius 3 is 2.63 bits per heavy atom. The number of hydrogen-bond acceptors (Lipinski definition) is 4. The monoisotopic (exact) mass is 269 g/mol. The molecule has 2 aliphatic rings. The van der Waals surface area contributed by atoms with Gasteiger partial charge in [-0.2, -0.15) is 0 Å². The molecule has 5 nitrogen and oxygen atoms in total. The van der Waals surface area contributed by atoms with Gasteiger partial charge in [0, 0.05) is 52.3 Å². The fraction of sp³-hybridized carbons (Fsp3) is 0.929. The van der Waals surface area contributed by atoms with Crippen molar-refractivity contribution in [3.8, 4) is 0 Å². The van der Waals surface area contributed by atoms with E-state index in [4.69, 9.17) is 4.74 Å². The van der Waals surface area contributed by atoms with Crippen LogP contribution in [-0.4, -0.2) is 74.2 Å². The SMILES string of the molecule is COCC1CCN(C(=O)C(C)(C)N2CCNCC2)C1. The van der Waals surface area contributed by atoms with Crippen molar-refractivity contribution in [2.45, 2.75) is 25.8 Å². The van der Waals surface area contributed by atoms with Crippen LogP contribution in [0.5, 0.6) is 0 Å². The third-order valence-corrected chi connectivity index (χ3v) is 4.41. The van der Waals surface area contributed by atoms with E-state index in [2.05, 4.69) is 24.1 Å². The van der Waals surface area contributed by atoms with Crippen LogP contribution in [0.25, 0.3) is 0 Å². The van der Waals surface area contributed by atoms with Crippen molar-refractivity contribution in [2.75, 3.05) is 53.0 Å². The minimum Gasteiger partial charge on any atom is -0.384 e. The smallest absolute Gasteiger partial charge is 0.242 e. The van der Waals surface area contributed by atoms with Gasteiger partial charge >= 0.3 is 0 Å². The van der Waals surface area contributed by atoms with Gasteiger partial charge in [0.1, 0.15) is 0 Å².